The molecule has 3 N–H and O–H groups in total. The topological polar surface area (TPSA) is 65.1 Å². The highest BCUT2D eigenvalue weighted by Gasteiger charge is 2.26. The molecule has 0 atom stereocenters. The summed E-state index contributed by atoms with van der Waals surface area (Å²) < 4.78 is 0. The fourth-order valence-corrected chi connectivity index (χ4v) is 1.67. The molecule has 14 heavy (non-hydrogen) atoms. The van der Waals surface area contributed by atoms with Crippen molar-refractivity contribution in [2.24, 2.45) is 10.9 Å². The van der Waals surface area contributed by atoms with E-state index in [1.807, 2.05) is 4.90 Å². The normalized spacial score (nSPS) is 21.4. The highest BCUT2D eigenvalue weighted by Crippen LogP contribution is 2.15. The second kappa shape index (κ2) is 4.04. The Balaban J connectivity index is 2.47. The van der Waals surface area contributed by atoms with Gasteiger partial charge < -0.3 is 15.8 Å². The Labute approximate surface area is 85.2 Å². The summed E-state index contributed by atoms with van der Waals surface area (Å²) in [6, 6.07) is 0. The van der Waals surface area contributed by atoms with Crippen LogP contribution in [0.4, 0.5) is 0 Å². The van der Waals surface area contributed by atoms with Gasteiger partial charge in [-0.3, -0.25) is 4.90 Å². The van der Waals surface area contributed by atoms with Crippen LogP contribution in [0.1, 0.15) is 20.8 Å². The average Bonchev–Trinajstić information content (AvgIpc) is 2.15. The van der Waals surface area contributed by atoms with E-state index >= 15 is 0 Å². The molecule has 0 radical (unpaired) electrons. The van der Waals surface area contributed by atoms with Gasteiger partial charge in [0, 0.05) is 31.7 Å². The first kappa shape index (κ1) is 11.1. The van der Waals surface area contributed by atoms with Crippen molar-refractivity contribution in [2.75, 3.05) is 26.2 Å². The lowest BCUT2D eigenvalue weighted by Gasteiger charge is -2.42. The molecule has 5 heteroatoms. The van der Waals surface area contributed by atoms with E-state index in [-0.39, 0.29) is 11.5 Å². The first-order chi connectivity index (χ1) is 6.45. The number of hydrogen-bond acceptors (Lipinski definition) is 3. The van der Waals surface area contributed by atoms with E-state index in [0.717, 1.165) is 26.2 Å². The average molecular weight is 200 g/mol. The minimum atomic E-state index is 0.206. The number of nitrogens with zero attached hydrogens (tertiary/aromatic N) is 3. The number of guanidine groups is 1. The van der Waals surface area contributed by atoms with Crippen molar-refractivity contribution in [2.45, 2.75) is 26.3 Å². The van der Waals surface area contributed by atoms with Gasteiger partial charge in [0.15, 0.2) is 0 Å². The molecule has 1 aliphatic rings. The summed E-state index contributed by atoms with van der Waals surface area (Å²) in [6.07, 6.45) is 0. The lowest BCUT2D eigenvalue weighted by molar-refractivity contribution is 0.0865. The van der Waals surface area contributed by atoms with Crippen molar-refractivity contribution in [1.82, 2.24) is 9.80 Å². The van der Waals surface area contributed by atoms with Crippen LogP contribution in [-0.4, -0.2) is 52.7 Å². The number of rotatable bonds is 0. The van der Waals surface area contributed by atoms with E-state index < -0.39 is 0 Å². The molecule has 1 fully saturated rings. The zero-order valence-corrected chi connectivity index (χ0v) is 9.19. The van der Waals surface area contributed by atoms with E-state index in [4.69, 9.17) is 10.9 Å². The largest absolute Gasteiger partial charge is 0.408 e. The Morgan fingerprint density at radius 1 is 1.21 bits per heavy atom. The molecule has 0 aromatic rings. The van der Waals surface area contributed by atoms with Crippen molar-refractivity contribution in [3.05, 3.63) is 0 Å². The molecule has 0 amide bonds. The van der Waals surface area contributed by atoms with Crippen molar-refractivity contribution in [3.63, 3.8) is 0 Å². The number of nitrogens with two attached hydrogens (primary N) is 1. The first-order valence-electron chi connectivity index (χ1n) is 4.92. The van der Waals surface area contributed by atoms with Gasteiger partial charge in [0.05, 0.1) is 0 Å². The van der Waals surface area contributed by atoms with Crippen LogP contribution in [0.3, 0.4) is 0 Å². The Hall–Kier alpha value is -0.970. The van der Waals surface area contributed by atoms with Gasteiger partial charge in [-0.2, -0.15) is 0 Å². The van der Waals surface area contributed by atoms with E-state index in [1.165, 1.54) is 0 Å². The van der Waals surface area contributed by atoms with Crippen LogP contribution in [-0.2, 0) is 0 Å². The van der Waals surface area contributed by atoms with E-state index in [2.05, 4.69) is 30.8 Å². The molecule has 1 heterocycles. The van der Waals surface area contributed by atoms with E-state index in [1.54, 1.807) is 0 Å². The Morgan fingerprint density at radius 3 is 2.07 bits per heavy atom. The maximum absolute atomic E-state index is 8.52. The molecule has 0 aliphatic carbocycles. The third-order valence-electron chi connectivity index (χ3n) is 2.65. The third-order valence-corrected chi connectivity index (χ3v) is 2.65. The smallest absolute Gasteiger partial charge is 0.233 e. The molecule has 0 spiro atoms. The zero-order chi connectivity index (χ0) is 10.8. The predicted octanol–water partition coefficient (Wildman–Crippen LogP) is 0.106. The summed E-state index contributed by atoms with van der Waals surface area (Å²) in [6.45, 7) is 10.2. The van der Waals surface area contributed by atoms with Gasteiger partial charge >= 0.3 is 0 Å². The summed E-state index contributed by atoms with van der Waals surface area (Å²) in [5.74, 6) is 0.221. The summed E-state index contributed by atoms with van der Waals surface area (Å²) in [4.78, 5) is 4.29. The van der Waals surface area contributed by atoms with Crippen molar-refractivity contribution >= 4 is 5.96 Å². The maximum atomic E-state index is 8.52. The summed E-state index contributed by atoms with van der Waals surface area (Å²) >= 11 is 0. The molecule has 1 saturated heterocycles. The minimum Gasteiger partial charge on any atom is -0.408 e. The quantitative estimate of drug-likeness (QED) is 0.252. The standard InChI is InChI=1S/C9H20N4O/c1-9(2,3)13-6-4-12(5-7-13)8(10)11-14/h14H,4-7H2,1-3H3,(H2,10,11). The molecule has 1 aliphatic heterocycles. The first-order valence-corrected chi connectivity index (χ1v) is 4.92. The predicted molar refractivity (Wildman–Crippen MR) is 56.3 cm³/mol. The summed E-state index contributed by atoms with van der Waals surface area (Å²) in [7, 11) is 0. The lowest BCUT2D eigenvalue weighted by atomic mass is 10.1. The molecule has 0 unspecified atom stereocenters. The Bertz CT molecular complexity index is 213. The number of hydrogen-bond donors (Lipinski definition) is 2. The SMILES string of the molecule is CC(C)(C)N1CCN(C(N)=NO)CC1. The monoisotopic (exact) mass is 200 g/mol. The fourth-order valence-electron chi connectivity index (χ4n) is 1.67. The zero-order valence-electron chi connectivity index (χ0n) is 9.19. The van der Waals surface area contributed by atoms with E-state index in [9.17, 15) is 0 Å². The second-order valence-electron chi connectivity index (χ2n) is 4.60. The fraction of sp³-hybridized carbons (Fsp3) is 0.889. The van der Waals surface area contributed by atoms with Gasteiger partial charge in [-0.05, 0) is 20.8 Å². The van der Waals surface area contributed by atoms with Gasteiger partial charge in [0.1, 0.15) is 0 Å². The lowest BCUT2D eigenvalue weighted by Crippen LogP contribution is -2.56. The van der Waals surface area contributed by atoms with Gasteiger partial charge in [0.25, 0.3) is 0 Å². The van der Waals surface area contributed by atoms with Crippen molar-refractivity contribution in [3.8, 4) is 0 Å². The van der Waals surface area contributed by atoms with Crippen LogP contribution in [0.25, 0.3) is 0 Å². The molecule has 1 rings (SSSR count). The van der Waals surface area contributed by atoms with Crippen LogP contribution >= 0.6 is 0 Å². The van der Waals surface area contributed by atoms with Gasteiger partial charge in [-0.25, -0.2) is 0 Å². The number of oxime groups is 1. The van der Waals surface area contributed by atoms with Crippen molar-refractivity contribution in [1.29, 1.82) is 0 Å². The van der Waals surface area contributed by atoms with Crippen LogP contribution in [0.15, 0.2) is 5.16 Å². The molecule has 5 nitrogen and oxygen atoms in total. The molecule has 0 aromatic heterocycles. The highest BCUT2D eigenvalue weighted by molar-refractivity contribution is 5.77. The highest BCUT2D eigenvalue weighted by atomic mass is 16.4. The molecule has 82 valence electrons. The summed E-state index contributed by atoms with van der Waals surface area (Å²) in [5, 5.41) is 11.5. The third kappa shape index (κ3) is 2.51. The molecular weight excluding hydrogens is 180 g/mol. The van der Waals surface area contributed by atoms with Crippen LogP contribution in [0.2, 0.25) is 0 Å². The molecule has 0 saturated carbocycles. The molecule has 0 bridgehead atoms. The second-order valence-corrected chi connectivity index (χ2v) is 4.60. The summed E-state index contributed by atoms with van der Waals surface area (Å²) in [5.41, 5.74) is 5.72. The van der Waals surface area contributed by atoms with Gasteiger partial charge in [-0.1, -0.05) is 5.16 Å². The van der Waals surface area contributed by atoms with Crippen LogP contribution in [0.5, 0.6) is 0 Å². The Kier molecular flexibility index (Phi) is 3.21. The van der Waals surface area contributed by atoms with Gasteiger partial charge in [-0.15, -0.1) is 0 Å². The van der Waals surface area contributed by atoms with Gasteiger partial charge in [0.2, 0.25) is 5.96 Å². The van der Waals surface area contributed by atoms with E-state index in [0.29, 0.717) is 0 Å². The maximum Gasteiger partial charge on any atom is 0.233 e. The molecule has 0 aromatic carbocycles. The molecular formula is C9H20N4O. The minimum absolute atomic E-state index is 0.206. The van der Waals surface area contributed by atoms with Crippen LogP contribution in [0, 0.1) is 0 Å². The van der Waals surface area contributed by atoms with Crippen LogP contribution < -0.4 is 5.73 Å². The Morgan fingerprint density at radius 2 is 1.71 bits per heavy atom. The van der Waals surface area contributed by atoms with Crippen molar-refractivity contribution < 1.29 is 5.21 Å². The number of piperazine rings is 1.